The fourth-order valence-electron chi connectivity index (χ4n) is 2.70. The van der Waals surface area contributed by atoms with Crippen LogP contribution >= 0.6 is 0 Å². The van der Waals surface area contributed by atoms with Crippen molar-refractivity contribution in [1.29, 1.82) is 0 Å². The zero-order valence-corrected chi connectivity index (χ0v) is 14.2. The average molecular weight is 333 g/mol. The molecule has 2 rings (SSSR count). The minimum absolute atomic E-state index is 0.272. The van der Waals surface area contributed by atoms with Gasteiger partial charge in [-0.3, -0.25) is 14.5 Å². The summed E-state index contributed by atoms with van der Waals surface area (Å²) in [5, 5.41) is 5.36. The molecule has 1 aromatic rings. The normalized spacial score (nSPS) is 20.0. The minimum Gasteiger partial charge on any atom is -0.496 e. The second kappa shape index (κ2) is 7.33. The fraction of sp³-hybridized carbons (Fsp3) is 0.471. The molecular weight excluding hydrogens is 310 g/mol. The van der Waals surface area contributed by atoms with E-state index in [1.807, 2.05) is 25.1 Å². The molecule has 130 valence electrons. The highest BCUT2D eigenvalue weighted by atomic mass is 16.5. The number of amides is 4. The Balaban J connectivity index is 2.12. The number of rotatable bonds is 7. The van der Waals surface area contributed by atoms with Gasteiger partial charge in [0.1, 0.15) is 17.8 Å². The smallest absolute Gasteiger partial charge is 0.325 e. The first-order valence-electron chi connectivity index (χ1n) is 7.94. The predicted molar refractivity (Wildman–Crippen MR) is 88.6 cm³/mol. The SMILES string of the molecule is CCCNC(=O)CN1C(=O)N[C@](C)(Cc2ccccc2OC)C1=O. The third kappa shape index (κ3) is 3.67. The lowest BCUT2D eigenvalue weighted by molar-refractivity contribution is -0.134. The quantitative estimate of drug-likeness (QED) is 0.731. The molecule has 0 aromatic heterocycles. The van der Waals surface area contributed by atoms with Gasteiger partial charge >= 0.3 is 6.03 Å². The maximum Gasteiger partial charge on any atom is 0.325 e. The van der Waals surface area contributed by atoms with Crippen LogP contribution in [-0.2, 0) is 16.0 Å². The van der Waals surface area contributed by atoms with Gasteiger partial charge in [-0.2, -0.15) is 0 Å². The van der Waals surface area contributed by atoms with Crippen molar-refractivity contribution >= 4 is 17.8 Å². The van der Waals surface area contributed by atoms with Gasteiger partial charge in [-0.05, 0) is 25.0 Å². The second-order valence-electron chi connectivity index (χ2n) is 5.99. The Bertz CT molecular complexity index is 646. The minimum atomic E-state index is -1.10. The van der Waals surface area contributed by atoms with E-state index in [0.717, 1.165) is 16.9 Å². The molecule has 1 fully saturated rings. The highest BCUT2D eigenvalue weighted by Crippen LogP contribution is 2.27. The molecule has 1 saturated heterocycles. The second-order valence-corrected chi connectivity index (χ2v) is 5.99. The van der Waals surface area contributed by atoms with Crippen LogP contribution in [0.25, 0.3) is 0 Å². The van der Waals surface area contributed by atoms with E-state index in [4.69, 9.17) is 4.74 Å². The fourth-order valence-corrected chi connectivity index (χ4v) is 2.70. The molecule has 1 aliphatic heterocycles. The van der Waals surface area contributed by atoms with E-state index in [1.54, 1.807) is 20.1 Å². The molecule has 24 heavy (non-hydrogen) atoms. The summed E-state index contributed by atoms with van der Waals surface area (Å²) >= 11 is 0. The highest BCUT2D eigenvalue weighted by molar-refractivity contribution is 6.09. The number of nitrogens with one attached hydrogen (secondary N) is 2. The number of methoxy groups -OCH3 is 1. The van der Waals surface area contributed by atoms with Crippen molar-refractivity contribution in [1.82, 2.24) is 15.5 Å². The van der Waals surface area contributed by atoms with Gasteiger partial charge in [0.25, 0.3) is 5.91 Å². The van der Waals surface area contributed by atoms with Gasteiger partial charge in [-0.25, -0.2) is 4.79 Å². The third-order valence-electron chi connectivity index (χ3n) is 3.96. The largest absolute Gasteiger partial charge is 0.496 e. The number of benzene rings is 1. The van der Waals surface area contributed by atoms with Gasteiger partial charge in [-0.1, -0.05) is 25.1 Å². The molecule has 1 aliphatic rings. The summed E-state index contributed by atoms with van der Waals surface area (Å²) in [6.45, 7) is 3.83. The monoisotopic (exact) mass is 333 g/mol. The highest BCUT2D eigenvalue weighted by Gasteiger charge is 2.48. The van der Waals surface area contributed by atoms with E-state index in [1.165, 1.54) is 0 Å². The Morgan fingerprint density at radius 2 is 2.04 bits per heavy atom. The third-order valence-corrected chi connectivity index (χ3v) is 3.96. The van der Waals surface area contributed by atoms with E-state index < -0.39 is 17.5 Å². The van der Waals surface area contributed by atoms with Crippen molar-refractivity contribution in [2.24, 2.45) is 0 Å². The Kier molecular flexibility index (Phi) is 5.43. The summed E-state index contributed by atoms with van der Waals surface area (Å²) in [5.41, 5.74) is -0.287. The van der Waals surface area contributed by atoms with Crippen LogP contribution in [0.4, 0.5) is 4.79 Å². The lowest BCUT2D eigenvalue weighted by Gasteiger charge is -2.22. The number of ether oxygens (including phenoxy) is 1. The molecule has 0 unspecified atom stereocenters. The molecule has 0 spiro atoms. The summed E-state index contributed by atoms with van der Waals surface area (Å²) in [4.78, 5) is 37.6. The number of hydrogen-bond acceptors (Lipinski definition) is 4. The van der Waals surface area contributed by atoms with Crippen molar-refractivity contribution in [2.45, 2.75) is 32.2 Å². The maximum atomic E-state index is 12.7. The van der Waals surface area contributed by atoms with Crippen molar-refractivity contribution in [2.75, 3.05) is 20.2 Å². The average Bonchev–Trinajstić information content (AvgIpc) is 2.76. The van der Waals surface area contributed by atoms with Crippen LogP contribution in [0.15, 0.2) is 24.3 Å². The molecule has 0 radical (unpaired) electrons. The summed E-state index contributed by atoms with van der Waals surface area (Å²) in [7, 11) is 1.56. The van der Waals surface area contributed by atoms with Gasteiger partial charge in [0, 0.05) is 13.0 Å². The topological polar surface area (TPSA) is 87.7 Å². The number of hydrogen-bond donors (Lipinski definition) is 2. The van der Waals surface area contributed by atoms with Crippen LogP contribution in [0.2, 0.25) is 0 Å². The lowest BCUT2D eigenvalue weighted by Crippen LogP contribution is -2.47. The number of urea groups is 1. The summed E-state index contributed by atoms with van der Waals surface area (Å²) < 4.78 is 5.30. The van der Waals surface area contributed by atoms with Crippen LogP contribution in [0.3, 0.4) is 0 Å². The molecule has 7 nitrogen and oxygen atoms in total. The molecule has 2 N–H and O–H groups in total. The zero-order chi connectivity index (χ0) is 17.7. The molecule has 7 heteroatoms. The van der Waals surface area contributed by atoms with Crippen LogP contribution < -0.4 is 15.4 Å². The van der Waals surface area contributed by atoms with E-state index in [-0.39, 0.29) is 18.9 Å². The van der Waals surface area contributed by atoms with Crippen LogP contribution in [-0.4, -0.2) is 48.5 Å². The number of carbonyl (C=O) groups is 3. The molecular formula is C17H23N3O4. The van der Waals surface area contributed by atoms with Crippen LogP contribution in [0, 0.1) is 0 Å². The van der Waals surface area contributed by atoms with Crippen LogP contribution in [0.1, 0.15) is 25.8 Å². The van der Waals surface area contributed by atoms with E-state index in [0.29, 0.717) is 12.3 Å². The van der Waals surface area contributed by atoms with Gasteiger partial charge < -0.3 is 15.4 Å². The molecule has 1 aromatic carbocycles. The van der Waals surface area contributed by atoms with E-state index in [9.17, 15) is 14.4 Å². The Morgan fingerprint density at radius 1 is 1.33 bits per heavy atom. The first-order valence-corrected chi connectivity index (χ1v) is 7.94. The van der Waals surface area contributed by atoms with Crippen molar-refractivity contribution in [3.05, 3.63) is 29.8 Å². The number of para-hydroxylation sites is 1. The number of carbonyl (C=O) groups excluding carboxylic acids is 3. The molecule has 4 amide bonds. The predicted octanol–water partition coefficient (Wildman–Crippen LogP) is 1.07. The van der Waals surface area contributed by atoms with Crippen molar-refractivity contribution in [3.8, 4) is 5.75 Å². The molecule has 1 heterocycles. The lowest BCUT2D eigenvalue weighted by atomic mass is 9.92. The molecule has 0 aliphatic carbocycles. The molecule has 0 bridgehead atoms. The molecule has 0 saturated carbocycles. The van der Waals surface area contributed by atoms with Crippen LogP contribution in [0.5, 0.6) is 5.75 Å². The summed E-state index contributed by atoms with van der Waals surface area (Å²) in [6.07, 6.45) is 1.08. The first-order chi connectivity index (χ1) is 11.4. The Hall–Kier alpha value is -2.57. The first kappa shape index (κ1) is 17.8. The molecule has 1 atom stereocenters. The van der Waals surface area contributed by atoms with Gasteiger partial charge in [-0.15, -0.1) is 0 Å². The maximum absolute atomic E-state index is 12.7. The van der Waals surface area contributed by atoms with Crippen molar-refractivity contribution < 1.29 is 19.1 Å². The van der Waals surface area contributed by atoms with Gasteiger partial charge in [0.15, 0.2) is 0 Å². The summed E-state index contributed by atoms with van der Waals surface area (Å²) in [5.74, 6) is -0.105. The van der Waals surface area contributed by atoms with Gasteiger partial charge in [0.2, 0.25) is 5.91 Å². The standard InChI is InChI=1S/C17H23N3O4/c1-4-9-18-14(21)11-20-15(22)17(2,19-16(20)23)10-12-7-5-6-8-13(12)24-3/h5-8H,4,9-11H2,1-3H3,(H,18,21)(H,19,23)/t17-/m1/s1. The number of nitrogens with zero attached hydrogens (tertiary/aromatic N) is 1. The van der Waals surface area contributed by atoms with E-state index >= 15 is 0 Å². The number of imide groups is 1. The Labute approximate surface area is 141 Å². The summed E-state index contributed by atoms with van der Waals surface area (Å²) in [6, 6.07) is 6.78. The van der Waals surface area contributed by atoms with Gasteiger partial charge in [0.05, 0.1) is 7.11 Å². The van der Waals surface area contributed by atoms with E-state index in [2.05, 4.69) is 10.6 Å². The Morgan fingerprint density at radius 3 is 2.71 bits per heavy atom. The zero-order valence-electron chi connectivity index (χ0n) is 14.2. The van der Waals surface area contributed by atoms with Crippen molar-refractivity contribution in [3.63, 3.8) is 0 Å².